The summed E-state index contributed by atoms with van der Waals surface area (Å²) in [5.74, 6) is -0.0608. The minimum Gasteiger partial charge on any atom is -0.493 e. The summed E-state index contributed by atoms with van der Waals surface area (Å²) in [6.07, 6.45) is 0. The van der Waals surface area contributed by atoms with Crippen LogP contribution in [0.25, 0.3) is 11.0 Å². The normalized spacial score (nSPS) is 10.3. The molecular formula is C13H12O6. The Morgan fingerprint density at radius 3 is 2.26 bits per heavy atom. The van der Waals surface area contributed by atoms with Gasteiger partial charge in [-0.2, -0.15) is 0 Å². The molecule has 0 aliphatic rings. The first-order valence-corrected chi connectivity index (χ1v) is 5.39. The van der Waals surface area contributed by atoms with E-state index >= 15 is 0 Å². The van der Waals surface area contributed by atoms with Gasteiger partial charge in [0.1, 0.15) is 5.58 Å². The van der Waals surface area contributed by atoms with E-state index in [0.717, 1.165) is 6.07 Å². The zero-order valence-electron chi connectivity index (χ0n) is 10.7. The first kappa shape index (κ1) is 12.9. The van der Waals surface area contributed by atoms with Crippen molar-refractivity contribution in [1.82, 2.24) is 0 Å². The second kappa shape index (κ2) is 5.01. The number of ether oxygens (including phenoxy) is 3. The van der Waals surface area contributed by atoms with Gasteiger partial charge in [-0.15, -0.1) is 0 Å². The van der Waals surface area contributed by atoms with Crippen molar-refractivity contribution in [3.05, 3.63) is 34.2 Å². The number of carbonyl (C=O) groups is 1. The Morgan fingerprint density at radius 2 is 1.68 bits per heavy atom. The van der Waals surface area contributed by atoms with Crippen LogP contribution in [0.4, 0.5) is 0 Å². The molecule has 2 rings (SSSR count). The molecule has 0 spiro atoms. The molecule has 0 bridgehead atoms. The second-order valence-electron chi connectivity index (χ2n) is 3.67. The summed E-state index contributed by atoms with van der Waals surface area (Å²) in [6.45, 7) is 0. The van der Waals surface area contributed by atoms with Crippen molar-refractivity contribution in [3.63, 3.8) is 0 Å². The molecule has 100 valence electrons. The van der Waals surface area contributed by atoms with Crippen LogP contribution in [-0.2, 0) is 4.74 Å². The van der Waals surface area contributed by atoms with E-state index < -0.39 is 5.97 Å². The maximum absolute atomic E-state index is 11.9. The average molecular weight is 264 g/mol. The number of rotatable bonds is 3. The van der Waals surface area contributed by atoms with Gasteiger partial charge in [0.05, 0.1) is 26.7 Å². The van der Waals surface area contributed by atoms with Crippen LogP contribution in [0.2, 0.25) is 0 Å². The molecule has 0 amide bonds. The van der Waals surface area contributed by atoms with E-state index in [1.165, 1.54) is 33.5 Å². The van der Waals surface area contributed by atoms with Gasteiger partial charge in [0.2, 0.25) is 5.76 Å². The summed E-state index contributed by atoms with van der Waals surface area (Å²) >= 11 is 0. The van der Waals surface area contributed by atoms with Gasteiger partial charge in [0.15, 0.2) is 16.9 Å². The fraction of sp³-hybridized carbons (Fsp3) is 0.231. The number of hydrogen-bond acceptors (Lipinski definition) is 6. The third kappa shape index (κ3) is 2.24. The number of esters is 1. The molecule has 0 radical (unpaired) electrons. The molecule has 0 aliphatic heterocycles. The molecule has 1 aromatic heterocycles. The highest BCUT2D eigenvalue weighted by Crippen LogP contribution is 2.31. The highest BCUT2D eigenvalue weighted by Gasteiger charge is 2.15. The standard InChI is InChI=1S/C13H12O6/c1-16-10-4-7-8(14)5-12(13(15)18-3)19-9(7)6-11(10)17-2/h4-6H,1-3H3. The molecule has 6 nitrogen and oxygen atoms in total. The van der Waals surface area contributed by atoms with Crippen molar-refractivity contribution in [1.29, 1.82) is 0 Å². The lowest BCUT2D eigenvalue weighted by atomic mass is 10.2. The molecule has 1 heterocycles. The number of hydrogen-bond donors (Lipinski definition) is 0. The number of fused-ring (bicyclic) bond motifs is 1. The Kier molecular flexibility index (Phi) is 3.41. The van der Waals surface area contributed by atoms with E-state index in [1.54, 1.807) is 0 Å². The zero-order chi connectivity index (χ0) is 14.0. The van der Waals surface area contributed by atoms with Gasteiger partial charge in [-0.05, 0) is 6.07 Å². The summed E-state index contributed by atoms with van der Waals surface area (Å²) < 4.78 is 20.0. The largest absolute Gasteiger partial charge is 0.493 e. The average Bonchev–Trinajstić information content (AvgIpc) is 2.44. The maximum Gasteiger partial charge on any atom is 0.374 e. The predicted octanol–water partition coefficient (Wildman–Crippen LogP) is 1.60. The lowest BCUT2D eigenvalue weighted by Gasteiger charge is -2.08. The van der Waals surface area contributed by atoms with Gasteiger partial charge in [-0.1, -0.05) is 0 Å². The van der Waals surface area contributed by atoms with E-state index in [4.69, 9.17) is 13.9 Å². The lowest BCUT2D eigenvalue weighted by Crippen LogP contribution is -2.08. The maximum atomic E-state index is 11.9. The van der Waals surface area contributed by atoms with Crippen molar-refractivity contribution in [3.8, 4) is 11.5 Å². The van der Waals surface area contributed by atoms with Crippen LogP contribution < -0.4 is 14.9 Å². The molecule has 0 saturated heterocycles. The molecule has 0 aliphatic carbocycles. The molecule has 0 N–H and O–H groups in total. The molecule has 0 unspecified atom stereocenters. The minimum absolute atomic E-state index is 0.160. The van der Waals surface area contributed by atoms with E-state index in [9.17, 15) is 9.59 Å². The Morgan fingerprint density at radius 1 is 1.05 bits per heavy atom. The van der Waals surface area contributed by atoms with Gasteiger partial charge in [0, 0.05) is 12.1 Å². The van der Waals surface area contributed by atoms with E-state index in [0.29, 0.717) is 16.9 Å². The first-order chi connectivity index (χ1) is 9.10. The van der Waals surface area contributed by atoms with Crippen LogP contribution in [0.5, 0.6) is 11.5 Å². The van der Waals surface area contributed by atoms with Crippen LogP contribution in [-0.4, -0.2) is 27.3 Å². The highest BCUT2D eigenvalue weighted by molar-refractivity contribution is 5.89. The lowest BCUT2D eigenvalue weighted by molar-refractivity contribution is 0.0565. The Labute approximate surface area is 108 Å². The van der Waals surface area contributed by atoms with Crippen molar-refractivity contribution >= 4 is 16.9 Å². The topological polar surface area (TPSA) is 75.0 Å². The van der Waals surface area contributed by atoms with Crippen molar-refractivity contribution in [2.45, 2.75) is 0 Å². The summed E-state index contributed by atoms with van der Waals surface area (Å²) in [5.41, 5.74) is -0.131. The van der Waals surface area contributed by atoms with E-state index in [2.05, 4.69) is 4.74 Å². The molecule has 6 heteroatoms. The van der Waals surface area contributed by atoms with Crippen LogP contribution in [0, 0.1) is 0 Å². The molecule has 0 saturated carbocycles. The first-order valence-electron chi connectivity index (χ1n) is 5.39. The van der Waals surface area contributed by atoms with E-state index in [-0.39, 0.29) is 16.8 Å². The molecule has 19 heavy (non-hydrogen) atoms. The van der Waals surface area contributed by atoms with E-state index in [1.807, 2.05) is 0 Å². The van der Waals surface area contributed by atoms with Crippen LogP contribution in [0.1, 0.15) is 10.6 Å². The third-order valence-corrected chi connectivity index (χ3v) is 2.62. The fourth-order valence-corrected chi connectivity index (χ4v) is 1.68. The van der Waals surface area contributed by atoms with Crippen LogP contribution in [0.15, 0.2) is 27.4 Å². The molecule has 0 atom stereocenters. The van der Waals surface area contributed by atoms with Gasteiger partial charge >= 0.3 is 5.97 Å². The van der Waals surface area contributed by atoms with Gasteiger partial charge in [-0.25, -0.2) is 4.79 Å². The minimum atomic E-state index is -0.714. The van der Waals surface area contributed by atoms with Crippen LogP contribution in [0.3, 0.4) is 0 Å². The van der Waals surface area contributed by atoms with Crippen molar-refractivity contribution < 1.29 is 23.4 Å². The molecule has 0 fully saturated rings. The molecule has 2 aromatic rings. The summed E-state index contributed by atoms with van der Waals surface area (Å²) in [4.78, 5) is 23.3. The second-order valence-corrected chi connectivity index (χ2v) is 3.67. The predicted molar refractivity (Wildman–Crippen MR) is 66.9 cm³/mol. The monoisotopic (exact) mass is 264 g/mol. The molecule has 1 aromatic carbocycles. The Balaban J connectivity index is 2.74. The fourth-order valence-electron chi connectivity index (χ4n) is 1.68. The Hall–Kier alpha value is -2.50. The van der Waals surface area contributed by atoms with Crippen molar-refractivity contribution in [2.75, 3.05) is 21.3 Å². The SMILES string of the molecule is COC(=O)c1cc(=O)c2cc(OC)c(OC)cc2o1. The third-order valence-electron chi connectivity index (χ3n) is 2.62. The number of benzene rings is 1. The zero-order valence-corrected chi connectivity index (χ0v) is 10.7. The molecular weight excluding hydrogens is 252 g/mol. The summed E-state index contributed by atoms with van der Waals surface area (Å²) in [7, 11) is 4.14. The van der Waals surface area contributed by atoms with Crippen molar-refractivity contribution in [2.24, 2.45) is 0 Å². The van der Waals surface area contributed by atoms with Crippen LogP contribution >= 0.6 is 0 Å². The Bertz CT molecular complexity index is 685. The van der Waals surface area contributed by atoms with Gasteiger partial charge in [0.25, 0.3) is 0 Å². The van der Waals surface area contributed by atoms with Gasteiger partial charge in [-0.3, -0.25) is 4.79 Å². The highest BCUT2D eigenvalue weighted by atomic mass is 16.5. The number of carbonyl (C=O) groups excluding carboxylic acids is 1. The quantitative estimate of drug-likeness (QED) is 0.784. The van der Waals surface area contributed by atoms with Gasteiger partial charge < -0.3 is 18.6 Å². The summed E-state index contributed by atoms with van der Waals surface area (Å²) in [6, 6.07) is 4.07. The smallest absolute Gasteiger partial charge is 0.374 e. The summed E-state index contributed by atoms with van der Waals surface area (Å²) in [5, 5.41) is 0.297. The number of methoxy groups -OCH3 is 3.